The highest BCUT2D eigenvalue weighted by Gasteiger charge is 2.34. The van der Waals surface area contributed by atoms with Crippen LogP contribution >= 0.6 is 11.6 Å². The lowest BCUT2D eigenvalue weighted by molar-refractivity contribution is 0.201. The van der Waals surface area contributed by atoms with Crippen LogP contribution in [0.25, 0.3) is 11.2 Å². The summed E-state index contributed by atoms with van der Waals surface area (Å²) in [5.41, 5.74) is 0.0228. The molecule has 1 saturated heterocycles. The van der Waals surface area contributed by atoms with E-state index in [1.165, 1.54) is 43.4 Å². The zero-order valence-corrected chi connectivity index (χ0v) is 19.1. The first-order chi connectivity index (χ1) is 15.4. The number of hydrogen-bond donors (Lipinski definition) is 0. The third kappa shape index (κ3) is 3.36. The van der Waals surface area contributed by atoms with Gasteiger partial charge in [-0.05, 0) is 36.8 Å². The summed E-state index contributed by atoms with van der Waals surface area (Å²) in [6, 6.07) is 4.56. The van der Waals surface area contributed by atoms with E-state index in [-0.39, 0.29) is 12.1 Å². The molecule has 0 N–H and O–H groups in total. The SMILES string of the molecule is Cn1c(=O)c2c(nc(N3CCC4CCCCC4C3)n2Cc2c(F)cccc2Cl)n(C)c1=O. The average Bonchev–Trinajstić information content (AvgIpc) is 3.18. The van der Waals surface area contributed by atoms with Crippen LogP contribution in [0.4, 0.5) is 10.3 Å². The van der Waals surface area contributed by atoms with Gasteiger partial charge in [-0.15, -0.1) is 0 Å². The molecule has 0 amide bonds. The first-order valence-electron chi connectivity index (χ1n) is 11.2. The molecule has 3 heterocycles. The Hall–Kier alpha value is -2.61. The number of anilines is 1. The molecule has 2 atom stereocenters. The van der Waals surface area contributed by atoms with Crippen LogP contribution in [-0.2, 0) is 20.6 Å². The summed E-state index contributed by atoms with van der Waals surface area (Å²) in [6.07, 6.45) is 6.08. The fourth-order valence-electron chi connectivity index (χ4n) is 5.45. The number of rotatable bonds is 3. The van der Waals surface area contributed by atoms with Crippen molar-refractivity contribution < 1.29 is 4.39 Å². The Bertz CT molecular complexity index is 1290. The summed E-state index contributed by atoms with van der Waals surface area (Å²) in [7, 11) is 3.05. The van der Waals surface area contributed by atoms with Crippen LogP contribution in [0.2, 0.25) is 5.02 Å². The molecule has 2 aliphatic rings. The Kier molecular flexibility index (Phi) is 5.35. The van der Waals surface area contributed by atoms with Crippen LogP contribution in [-0.4, -0.2) is 31.8 Å². The fraction of sp³-hybridized carbons (Fsp3) is 0.522. The molecule has 1 saturated carbocycles. The van der Waals surface area contributed by atoms with Crippen molar-refractivity contribution in [3.8, 4) is 0 Å². The van der Waals surface area contributed by atoms with E-state index >= 15 is 0 Å². The van der Waals surface area contributed by atoms with E-state index < -0.39 is 17.1 Å². The molecule has 3 aromatic rings. The molecule has 32 heavy (non-hydrogen) atoms. The van der Waals surface area contributed by atoms with Crippen molar-refractivity contribution >= 4 is 28.7 Å². The number of piperidine rings is 1. The molecular weight excluding hydrogens is 433 g/mol. The minimum Gasteiger partial charge on any atom is -0.342 e. The third-order valence-corrected chi connectivity index (χ3v) is 7.63. The summed E-state index contributed by atoms with van der Waals surface area (Å²) in [5.74, 6) is 1.49. The van der Waals surface area contributed by atoms with Crippen molar-refractivity contribution in [3.63, 3.8) is 0 Å². The number of hydrogen-bond acceptors (Lipinski definition) is 4. The zero-order valence-electron chi connectivity index (χ0n) is 18.4. The number of fused-ring (bicyclic) bond motifs is 2. The van der Waals surface area contributed by atoms with E-state index in [1.54, 1.807) is 23.7 Å². The van der Waals surface area contributed by atoms with Gasteiger partial charge in [-0.25, -0.2) is 9.18 Å². The second kappa shape index (κ2) is 8.06. The molecule has 2 fully saturated rings. The average molecular weight is 460 g/mol. The molecule has 5 rings (SSSR count). The molecule has 1 aliphatic carbocycles. The maximum absolute atomic E-state index is 14.7. The van der Waals surface area contributed by atoms with Gasteiger partial charge in [-0.2, -0.15) is 4.98 Å². The second-order valence-corrected chi connectivity index (χ2v) is 9.52. The second-order valence-electron chi connectivity index (χ2n) is 9.12. The smallest absolute Gasteiger partial charge is 0.332 e. The van der Waals surface area contributed by atoms with Gasteiger partial charge in [-0.1, -0.05) is 36.9 Å². The number of benzene rings is 1. The Morgan fingerprint density at radius 3 is 2.59 bits per heavy atom. The van der Waals surface area contributed by atoms with E-state index in [2.05, 4.69) is 4.90 Å². The Balaban J connectivity index is 1.69. The normalized spacial score (nSPS) is 21.2. The molecule has 2 aromatic heterocycles. The van der Waals surface area contributed by atoms with E-state index in [0.717, 1.165) is 30.0 Å². The van der Waals surface area contributed by atoms with Gasteiger partial charge in [0.05, 0.1) is 6.54 Å². The predicted octanol–water partition coefficient (Wildman–Crippen LogP) is 3.29. The van der Waals surface area contributed by atoms with Crippen LogP contribution in [0.15, 0.2) is 27.8 Å². The molecule has 170 valence electrons. The van der Waals surface area contributed by atoms with E-state index in [4.69, 9.17) is 16.6 Å². The van der Waals surface area contributed by atoms with Gasteiger partial charge in [0.1, 0.15) is 5.82 Å². The summed E-state index contributed by atoms with van der Waals surface area (Å²) in [4.78, 5) is 32.7. The van der Waals surface area contributed by atoms with Crippen LogP contribution in [0.1, 0.15) is 37.7 Å². The van der Waals surface area contributed by atoms with Crippen molar-refractivity contribution in [1.82, 2.24) is 18.7 Å². The summed E-state index contributed by atoms with van der Waals surface area (Å²) in [6.45, 7) is 1.74. The molecular formula is C23H27ClFN5O2. The van der Waals surface area contributed by atoms with Gasteiger partial charge in [-0.3, -0.25) is 18.5 Å². The van der Waals surface area contributed by atoms with Gasteiger partial charge in [0.25, 0.3) is 5.56 Å². The number of imidazole rings is 1. The third-order valence-electron chi connectivity index (χ3n) is 7.28. The molecule has 0 radical (unpaired) electrons. The molecule has 9 heteroatoms. The topological polar surface area (TPSA) is 65.1 Å². The maximum atomic E-state index is 14.7. The van der Waals surface area contributed by atoms with Crippen LogP contribution in [0.5, 0.6) is 0 Å². The number of halogens is 2. The number of aryl methyl sites for hydroxylation is 1. The molecule has 1 aromatic carbocycles. The Morgan fingerprint density at radius 1 is 1.09 bits per heavy atom. The first kappa shape index (κ1) is 21.2. The van der Waals surface area contributed by atoms with Gasteiger partial charge in [0.15, 0.2) is 11.2 Å². The Labute approximate surface area is 190 Å². The van der Waals surface area contributed by atoms with E-state index in [1.807, 2.05) is 0 Å². The highest BCUT2D eigenvalue weighted by Crippen LogP contribution is 2.38. The highest BCUT2D eigenvalue weighted by atomic mass is 35.5. The van der Waals surface area contributed by atoms with Gasteiger partial charge < -0.3 is 4.90 Å². The minimum atomic E-state index is -0.443. The lowest BCUT2D eigenvalue weighted by Crippen LogP contribution is -2.43. The van der Waals surface area contributed by atoms with Crippen molar-refractivity contribution in [1.29, 1.82) is 0 Å². The Morgan fingerprint density at radius 2 is 1.84 bits per heavy atom. The van der Waals surface area contributed by atoms with Crippen molar-refractivity contribution in [3.05, 3.63) is 55.4 Å². The lowest BCUT2D eigenvalue weighted by atomic mass is 9.75. The van der Waals surface area contributed by atoms with Gasteiger partial charge >= 0.3 is 5.69 Å². The molecule has 0 bridgehead atoms. The predicted molar refractivity (Wildman–Crippen MR) is 123 cm³/mol. The molecule has 2 unspecified atom stereocenters. The molecule has 7 nitrogen and oxygen atoms in total. The first-order valence-corrected chi connectivity index (χ1v) is 11.6. The summed E-state index contributed by atoms with van der Waals surface area (Å²) < 4.78 is 18.9. The number of nitrogens with zero attached hydrogens (tertiary/aromatic N) is 5. The largest absolute Gasteiger partial charge is 0.342 e. The zero-order chi connectivity index (χ0) is 22.6. The van der Waals surface area contributed by atoms with Gasteiger partial charge in [0.2, 0.25) is 5.95 Å². The fourth-order valence-corrected chi connectivity index (χ4v) is 5.67. The van der Waals surface area contributed by atoms with Crippen molar-refractivity contribution in [2.24, 2.45) is 25.9 Å². The highest BCUT2D eigenvalue weighted by molar-refractivity contribution is 6.31. The summed E-state index contributed by atoms with van der Waals surface area (Å²) in [5, 5.41) is 0.297. The summed E-state index contributed by atoms with van der Waals surface area (Å²) >= 11 is 6.33. The molecule has 1 aliphatic heterocycles. The molecule has 0 spiro atoms. The standard InChI is InChI=1S/C23H27ClFN5O2/c1-27-20-19(21(31)28(2)23(27)32)30(13-16-17(24)8-5-9-18(16)25)22(26-20)29-11-10-14-6-3-4-7-15(14)12-29/h5,8-9,14-15H,3-4,6-7,10-13H2,1-2H3. The quantitative estimate of drug-likeness (QED) is 0.603. The monoisotopic (exact) mass is 459 g/mol. The van der Waals surface area contributed by atoms with Crippen molar-refractivity contribution in [2.45, 2.75) is 38.6 Å². The minimum absolute atomic E-state index is 0.0649. The van der Waals surface area contributed by atoms with E-state index in [0.29, 0.717) is 28.1 Å². The van der Waals surface area contributed by atoms with Crippen molar-refractivity contribution in [2.75, 3.05) is 18.0 Å². The van der Waals surface area contributed by atoms with E-state index in [9.17, 15) is 14.0 Å². The number of aromatic nitrogens is 4. The van der Waals surface area contributed by atoms with Crippen LogP contribution in [0, 0.1) is 17.7 Å². The van der Waals surface area contributed by atoms with Gasteiger partial charge in [0, 0.05) is 37.8 Å². The van der Waals surface area contributed by atoms with Crippen LogP contribution in [0.3, 0.4) is 0 Å². The maximum Gasteiger partial charge on any atom is 0.332 e. The van der Waals surface area contributed by atoms with Crippen LogP contribution < -0.4 is 16.1 Å². The lowest BCUT2D eigenvalue weighted by Gasteiger charge is -2.41.